The van der Waals surface area contributed by atoms with Crippen LogP contribution in [-0.4, -0.2) is 11.8 Å². The second kappa shape index (κ2) is 4.86. The topological polar surface area (TPSA) is 37.4 Å². The van der Waals surface area contributed by atoms with Crippen molar-refractivity contribution in [2.75, 3.05) is 4.90 Å². The van der Waals surface area contributed by atoms with Crippen LogP contribution in [0.3, 0.4) is 0 Å². The van der Waals surface area contributed by atoms with E-state index in [1.54, 1.807) is 24.3 Å². The number of carbonyl (C=O) groups is 2. The number of hydrogen-bond acceptors (Lipinski definition) is 2. The third-order valence-electron chi connectivity index (χ3n) is 2.93. The Balaban J connectivity index is 2.10. The molecule has 1 heterocycles. The van der Waals surface area contributed by atoms with E-state index in [-0.39, 0.29) is 11.8 Å². The number of nitrogens with zero attached hydrogens (tertiary/aromatic N) is 1. The van der Waals surface area contributed by atoms with Gasteiger partial charge < -0.3 is 0 Å². The highest BCUT2D eigenvalue weighted by molar-refractivity contribution is 14.1. The van der Waals surface area contributed by atoms with Crippen molar-refractivity contribution < 1.29 is 9.59 Å². The standard InChI is InChI=1S/C14H7I2NO2/c15-8-1-4-10(5-2-8)17-13(18)11-6-3-9(16)7-12(11)14(17)19/h1-7H. The van der Waals surface area contributed by atoms with E-state index in [2.05, 4.69) is 45.2 Å². The van der Waals surface area contributed by atoms with Crippen LogP contribution in [0.2, 0.25) is 0 Å². The minimum Gasteiger partial charge on any atom is -0.268 e. The number of anilines is 1. The Labute approximate surface area is 137 Å². The largest absolute Gasteiger partial charge is 0.268 e. The predicted octanol–water partition coefficient (Wildman–Crippen LogP) is 3.70. The molecule has 2 aromatic rings. The van der Waals surface area contributed by atoms with Crippen LogP contribution < -0.4 is 4.90 Å². The van der Waals surface area contributed by atoms with Gasteiger partial charge in [0, 0.05) is 7.14 Å². The number of halogens is 2. The van der Waals surface area contributed by atoms with Crippen molar-refractivity contribution in [2.45, 2.75) is 0 Å². The van der Waals surface area contributed by atoms with Crippen molar-refractivity contribution in [3.63, 3.8) is 0 Å². The SMILES string of the molecule is O=C1c2ccc(I)cc2C(=O)N1c1ccc(I)cc1. The Morgan fingerprint density at radius 2 is 1.32 bits per heavy atom. The van der Waals surface area contributed by atoms with Gasteiger partial charge in [-0.05, 0) is 87.6 Å². The molecule has 1 aliphatic heterocycles. The van der Waals surface area contributed by atoms with Gasteiger partial charge in [0.1, 0.15) is 0 Å². The first kappa shape index (κ1) is 13.0. The Morgan fingerprint density at radius 1 is 0.737 bits per heavy atom. The Hall–Kier alpha value is -0.960. The van der Waals surface area contributed by atoms with Gasteiger partial charge in [-0.2, -0.15) is 0 Å². The number of imide groups is 1. The quantitative estimate of drug-likeness (QED) is 0.467. The molecule has 0 saturated heterocycles. The first-order valence-corrected chi connectivity index (χ1v) is 7.67. The molecule has 0 fully saturated rings. The highest BCUT2D eigenvalue weighted by Crippen LogP contribution is 2.29. The number of amides is 2. The van der Waals surface area contributed by atoms with Crippen LogP contribution in [0.5, 0.6) is 0 Å². The third kappa shape index (κ3) is 2.18. The molecule has 0 radical (unpaired) electrons. The number of fused-ring (bicyclic) bond motifs is 1. The molecule has 0 saturated carbocycles. The summed E-state index contributed by atoms with van der Waals surface area (Å²) >= 11 is 4.32. The van der Waals surface area contributed by atoms with Gasteiger partial charge in [0.2, 0.25) is 0 Å². The molecule has 0 spiro atoms. The van der Waals surface area contributed by atoms with E-state index in [9.17, 15) is 9.59 Å². The van der Waals surface area contributed by atoms with E-state index in [1.807, 2.05) is 18.2 Å². The molecule has 2 aromatic carbocycles. The van der Waals surface area contributed by atoms with Gasteiger partial charge in [-0.25, -0.2) is 4.90 Å². The number of carbonyl (C=O) groups excluding carboxylic acids is 2. The lowest BCUT2D eigenvalue weighted by Crippen LogP contribution is -2.29. The molecule has 5 heteroatoms. The molecule has 0 aliphatic carbocycles. The van der Waals surface area contributed by atoms with Gasteiger partial charge in [-0.1, -0.05) is 0 Å². The van der Waals surface area contributed by atoms with E-state index in [4.69, 9.17) is 0 Å². The molecule has 0 unspecified atom stereocenters. The highest BCUT2D eigenvalue weighted by atomic mass is 127. The van der Waals surface area contributed by atoms with Crippen LogP contribution in [0.15, 0.2) is 42.5 Å². The van der Waals surface area contributed by atoms with Crippen molar-refractivity contribution in [1.82, 2.24) is 0 Å². The van der Waals surface area contributed by atoms with Crippen molar-refractivity contribution in [2.24, 2.45) is 0 Å². The maximum atomic E-state index is 12.3. The third-order valence-corrected chi connectivity index (χ3v) is 4.32. The van der Waals surface area contributed by atoms with Crippen molar-refractivity contribution in [3.8, 4) is 0 Å². The summed E-state index contributed by atoms with van der Waals surface area (Å²) in [6.45, 7) is 0. The summed E-state index contributed by atoms with van der Waals surface area (Å²) in [6, 6.07) is 12.6. The minimum atomic E-state index is -0.252. The lowest BCUT2D eigenvalue weighted by atomic mass is 10.1. The Morgan fingerprint density at radius 3 is 2.00 bits per heavy atom. The van der Waals surface area contributed by atoms with Crippen LogP contribution >= 0.6 is 45.2 Å². The molecule has 0 N–H and O–H groups in total. The Kier molecular flexibility index (Phi) is 3.34. The fraction of sp³-hybridized carbons (Fsp3) is 0. The lowest BCUT2D eigenvalue weighted by molar-refractivity contribution is 0.0926. The summed E-state index contributed by atoms with van der Waals surface area (Å²) in [6.07, 6.45) is 0. The fourth-order valence-electron chi connectivity index (χ4n) is 2.04. The van der Waals surface area contributed by atoms with Gasteiger partial charge in [0.05, 0.1) is 16.8 Å². The lowest BCUT2D eigenvalue weighted by Gasteiger charge is -2.13. The number of rotatable bonds is 1. The number of benzene rings is 2. The van der Waals surface area contributed by atoms with Crippen LogP contribution in [0.4, 0.5) is 5.69 Å². The second-order valence-electron chi connectivity index (χ2n) is 4.11. The van der Waals surface area contributed by atoms with E-state index in [0.717, 1.165) is 7.14 Å². The smallest absolute Gasteiger partial charge is 0.266 e. The van der Waals surface area contributed by atoms with Crippen molar-refractivity contribution >= 4 is 62.7 Å². The maximum absolute atomic E-state index is 12.3. The number of hydrogen-bond donors (Lipinski definition) is 0. The maximum Gasteiger partial charge on any atom is 0.266 e. The first-order chi connectivity index (χ1) is 9.08. The molecule has 19 heavy (non-hydrogen) atoms. The van der Waals surface area contributed by atoms with Crippen molar-refractivity contribution in [1.29, 1.82) is 0 Å². The van der Waals surface area contributed by atoms with Gasteiger partial charge >= 0.3 is 0 Å². The van der Waals surface area contributed by atoms with Crippen molar-refractivity contribution in [3.05, 3.63) is 60.7 Å². The normalized spacial score (nSPS) is 13.9. The molecule has 0 bridgehead atoms. The zero-order chi connectivity index (χ0) is 13.6. The van der Waals surface area contributed by atoms with Gasteiger partial charge in [0.15, 0.2) is 0 Å². The first-order valence-electron chi connectivity index (χ1n) is 5.52. The van der Waals surface area contributed by atoms with Gasteiger partial charge in [-0.15, -0.1) is 0 Å². The minimum absolute atomic E-state index is 0.250. The fourth-order valence-corrected chi connectivity index (χ4v) is 2.89. The molecule has 94 valence electrons. The van der Waals surface area contributed by atoms with Gasteiger partial charge in [0.25, 0.3) is 11.8 Å². The summed E-state index contributed by atoms with van der Waals surface area (Å²) in [5.41, 5.74) is 1.57. The molecule has 3 nitrogen and oxygen atoms in total. The summed E-state index contributed by atoms with van der Waals surface area (Å²) in [5.74, 6) is -0.502. The molecular formula is C14H7I2NO2. The molecule has 3 rings (SSSR count). The molecule has 1 aliphatic rings. The second-order valence-corrected chi connectivity index (χ2v) is 6.60. The molecular weight excluding hydrogens is 468 g/mol. The van der Waals surface area contributed by atoms with Crippen LogP contribution in [0, 0.1) is 7.14 Å². The van der Waals surface area contributed by atoms with E-state index >= 15 is 0 Å². The van der Waals surface area contributed by atoms with Gasteiger partial charge in [-0.3, -0.25) is 9.59 Å². The summed E-state index contributed by atoms with van der Waals surface area (Å²) < 4.78 is 2.01. The zero-order valence-corrected chi connectivity index (χ0v) is 13.9. The van der Waals surface area contributed by atoms with E-state index < -0.39 is 0 Å². The average Bonchev–Trinajstić information content (AvgIpc) is 2.63. The Bertz CT molecular complexity index is 695. The van der Waals surface area contributed by atoms with Crippen LogP contribution in [0.25, 0.3) is 0 Å². The monoisotopic (exact) mass is 475 g/mol. The van der Waals surface area contributed by atoms with E-state index in [1.165, 1.54) is 4.90 Å². The zero-order valence-electron chi connectivity index (χ0n) is 9.56. The highest BCUT2D eigenvalue weighted by Gasteiger charge is 2.36. The van der Waals surface area contributed by atoms with E-state index in [0.29, 0.717) is 16.8 Å². The molecule has 2 amide bonds. The van der Waals surface area contributed by atoms with Crippen LogP contribution in [0.1, 0.15) is 20.7 Å². The summed E-state index contributed by atoms with van der Waals surface area (Å²) in [4.78, 5) is 25.9. The van der Waals surface area contributed by atoms with Crippen LogP contribution in [-0.2, 0) is 0 Å². The predicted molar refractivity (Wildman–Crippen MR) is 89.5 cm³/mol. The molecule has 0 aromatic heterocycles. The summed E-state index contributed by atoms with van der Waals surface area (Å²) in [5, 5.41) is 0. The summed E-state index contributed by atoms with van der Waals surface area (Å²) in [7, 11) is 0. The average molecular weight is 475 g/mol. The molecule has 0 atom stereocenters.